The third-order valence-corrected chi connectivity index (χ3v) is 5.40. The first-order chi connectivity index (χ1) is 13.1. The van der Waals surface area contributed by atoms with E-state index < -0.39 is 12.0 Å². The number of amides is 1. The van der Waals surface area contributed by atoms with E-state index in [0.29, 0.717) is 54.8 Å². The summed E-state index contributed by atoms with van der Waals surface area (Å²) in [5.41, 5.74) is 1.72. The minimum atomic E-state index is -0.860. The fourth-order valence-electron chi connectivity index (χ4n) is 3.71. The van der Waals surface area contributed by atoms with Gasteiger partial charge < -0.3 is 19.5 Å². The quantitative estimate of drug-likeness (QED) is 0.871. The minimum absolute atomic E-state index is 0.0152. The summed E-state index contributed by atoms with van der Waals surface area (Å²) in [6, 6.07) is 12.9. The summed E-state index contributed by atoms with van der Waals surface area (Å²) in [5, 5.41) is 11.6. The van der Waals surface area contributed by atoms with Gasteiger partial charge in [-0.15, -0.1) is 0 Å². The van der Waals surface area contributed by atoms with Crippen LogP contribution in [0.25, 0.3) is 0 Å². The molecule has 2 unspecified atom stereocenters. The van der Waals surface area contributed by atoms with Crippen LogP contribution in [0, 0.1) is 5.92 Å². The van der Waals surface area contributed by atoms with Crippen molar-refractivity contribution in [1.29, 1.82) is 0 Å². The molecular weight excluding hydrogens is 366 g/mol. The van der Waals surface area contributed by atoms with Crippen molar-refractivity contribution in [3.05, 3.63) is 58.6 Å². The van der Waals surface area contributed by atoms with Crippen LogP contribution in [-0.2, 0) is 11.3 Å². The second-order valence-corrected chi connectivity index (χ2v) is 7.42. The first-order valence-corrected chi connectivity index (χ1v) is 9.60. The predicted molar refractivity (Wildman–Crippen MR) is 102 cm³/mol. The molecule has 2 aromatic carbocycles. The zero-order valence-electron chi connectivity index (χ0n) is 14.9. The number of carbonyl (C=O) groups is 1. The number of hydrogen-bond donors (Lipinski definition) is 1. The fourth-order valence-corrected chi connectivity index (χ4v) is 3.83. The number of hydrogen-bond acceptors (Lipinski definition) is 4. The van der Waals surface area contributed by atoms with E-state index in [1.807, 2.05) is 35.2 Å². The number of benzene rings is 2. The van der Waals surface area contributed by atoms with E-state index in [1.54, 1.807) is 12.1 Å². The number of halogens is 1. The van der Waals surface area contributed by atoms with Crippen LogP contribution >= 0.6 is 11.6 Å². The van der Waals surface area contributed by atoms with Crippen LogP contribution in [0.1, 0.15) is 30.1 Å². The summed E-state index contributed by atoms with van der Waals surface area (Å²) in [7, 11) is 0. The molecule has 2 aliphatic rings. The van der Waals surface area contributed by atoms with Crippen molar-refractivity contribution in [2.75, 3.05) is 19.8 Å². The van der Waals surface area contributed by atoms with Crippen molar-refractivity contribution in [2.45, 2.75) is 25.5 Å². The van der Waals surface area contributed by atoms with E-state index in [9.17, 15) is 9.90 Å². The standard InChI is InChI=1S/C21H22ClNO4/c22-16-6-3-14(4-7-16)13-23-9-1-2-17(21(23)25)20(24)15-5-8-18-19(12-15)27-11-10-26-18/h3-8,12,17,20,24H,1-2,9-11,13H2. The Kier molecular flexibility index (Phi) is 5.23. The number of rotatable bonds is 4. The van der Waals surface area contributed by atoms with Crippen LogP contribution in [0.2, 0.25) is 5.02 Å². The molecule has 2 heterocycles. The van der Waals surface area contributed by atoms with Gasteiger partial charge in [0.1, 0.15) is 13.2 Å². The molecule has 6 heteroatoms. The summed E-state index contributed by atoms with van der Waals surface area (Å²) in [6.45, 7) is 2.24. The zero-order chi connectivity index (χ0) is 18.8. The van der Waals surface area contributed by atoms with E-state index in [4.69, 9.17) is 21.1 Å². The summed E-state index contributed by atoms with van der Waals surface area (Å²) in [4.78, 5) is 14.8. The van der Waals surface area contributed by atoms with Gasteiger partial charge in [0.2, 0.25) is 5.91 Å². The monoisotopic (exact) mass is 387 g/mol. The van der Waals surface area contributed by atoms with E-state index in [0.717, 1.165) is 12.0 Å². The van der Waals surface area contributed by atoms with Crippen molar-refractivity contribution >= 4 is 17.5 Å². The van der Waals surface area contributed by atoms with Gasteiger partial charge in [0.15, 0.2) is 11.5 Å². The van der Waals surface area contributed by atoms with Gasteiger partial charge in [0.05, 0.1) is 12.0 Å². The molecule has 0 spiro atoms. The molecular formula is C21H22ClNO4. The number of ether oxygens (including phenoxy) is 2. The lowest BCUT2D eigenvalue weighted by Gasteiger charge is -2.35. The maximum atomic E-state index is 13.0. The van der Waals surface area contributed by atoms with Gasteiger partial charge in [-0.3, -0.25) is 4.79 Å². The molecule has 0 aliphatic carbocycles. The highest BCUT2D eigenvalue weighted by atomic mass is 35.5. The first-order valence-electron chi connectivity index (χ1n) is 9.22. The Bertz CT molecular complexity index is 823. The van der Waals surface area contributed by atoms with Crippen LogP contribution in [0.4, 0.5) is 0 Å². The van der Waals surface area contributed by atoms with Crippen molar-refractivity contribution in [3.63, 3.8) is 0 Å². The second kappa shape index (κ2) is 7.79. The average Bonchev–Trinajstić information content (AvgIpc) is 2.70. The van der Waals surface area contributed by atoms with E-state index in [1.165, 1.54) is 0 Å². The van der Waals surface area contributed by atoms with Crippen LogP contribution < -0.4 is 9.47 Å². The summed E-state index contributed by atoms with van der Waals surface area (Å²) in [5.74, 6) is 0.836. The highest BCUT2D eigenvalue weighted by molar-refractivity contribution is 6.30. The van der Waals surface area contributed by atoms with Crippen LogP contribution in [-0.4, -0.2) is 35.7 Å². The summed E-state index contributed by atoms with van der Waals surface area (Å²) in [6.07, 6.45) is 0.679. The lowest BCUT2D eigenvalue weighted by molar-refractivity contribution is -0.143. The normalized spacial score (nSPS) is 20.4. The number of carbonyl (C=O) groups excluding carboxylic acids is 1. The molecule has 5 nitrogen and oxygen atoms in total. The Labute approximate surface area is 163 Å². The Hall–Kier alpha value is -2.24. The Balaban J connectivity index is 1.49. The Morgan fingerprint density at radius 1 is 1.11 bits per heavy atom. The number of aliphatic hydroxyl groups is 1. The van der Waals surface area contributed by atoms with Gasteiger partial charge >= 0.3 is 0 Å². The number of likely N-dealkylation sites (tertiary alicyclic amines) is 1. The van der Waals surface area contributed by atoms with Gasteiger partial charge in [-0.25, -0.2) is 0 Å². The van der Waals surface area contributed by atoms with Gasteiger partial charge in [-0.1, -0.05) is 29.8 Å². The molecule has 27 heavy (non-hydrogen) atoms. The fraction of sp³-hybridized carbons (Fsp3) is 0.381. The summed E-state index contributed by atoms with van der Waals surface area (Å²) < 4.78 is 11.1. The topological polar surface area (TPSA) is 59.0 Å². The molecule has 2 aliphatic heterocycles. The molecule has 2 atom stereocenters. The van der Waals surface area contributed by atoms with Crippen molar-refractivity contribution in [3.8, 4) is 11.5 Å². The lowest BCUT2D eigenvalue weighted by atomic mass is 9.87. The van der Waals surface area contributed by atoms with Gasteiger partial charge in [0, 0.05) is 18.1 Å². The molecule has 142 valence electrons. The molecule has 1 saturated heterocycles. The number of piperidine rings is 1. The zero-order valence-corrected chi connectivity index (χ0v) is 15.7. The number of aliphatic hydroxyl groups excluding tert-OH is 1. The molecule has 0 radical (unpaired) electrons. The highest BCUT2D eigenvalue weighted by Crippen LogP contribution is 2.37. The third kappa shape index (κ3) is 3.89. The van der Waals surface area contributed by atoms with Gasteiger partial charge in [-0.2, -0.15) is 0 Å². The SMILES string of the molecule is O=C1C(C(O)c2ccc3c(c2)OCCO3)CCCN1Cc1ccc(Cl)cc1. The first kappa shape index (κ1) is 18.1. The van der Waals surface area contributed by atoms with Crippen molar-refractivity contribution < 1.29 is 19.4 Å². The molecule has 1 amide bonds. The second-order valence-electron chi connectivity index (χ2n) is 6.98. The largest absolute Gasteiger partial charge is 0.486 e. The molecule has 4 rings (SSSR count). The molecule has 1 fully saturated rings. The van der Waals surface area contributed by atoms with Crippen LogP contribution in [0.5, 0.6) is 11.5 Å². The van der Waals surface area contributed by atoms with E-state index >= 15 is 0 Å². The molecule has 0 aromatic heterocycles. The number of nitrogens with zero attached hydrogens (tertiary/aromatic N) is 1. The Morgan fingerprint density at radius 2 is 1.85 bits per heavy atom. The minimum Gasteiger partial charge on any atom is -0.486 e. The molecule has 0 saturated carbocycles. The maximum Gasteiger partial charge on any atom is 0.228 e. The van der Waals surface area contributed by atoms with E-state index in [2.05, 4.69) is 0 Å². The molecule has 2 aromatic rings. The van der Waals surface area contributed by atoms with Crippen molar-refractivity contribution in [1.82, 2.24) is 4.90 Å². The van der Waals surface area contributed by atoms with Crippen molar-refractivity contribution in [2.24, 2.45) is 5.92 Å². The average molecular weight is 388 g/mol. The van der Waals surface area contributed by atoms with E-state index in [-0.39, 0.29) is 5.91 Å². The highest BCUT2D eigenvalue weighted by Gasteiger charge is 2.35. The molecule has 1 N–H and O–H groups in total. The van der Waals surface area contributed by atoms with Gasteiger partial charge in [0.25, 0.3) is 0 Å². The van der Waals surface area contributed by atoms with Gasteiger partial charge in [-0.05, 0) is 48.2 Å². The summed E-state index contributed by atoms with van der Waals surface area (Å²) >= 11 is 5.93. The Morgan fingerprint density at radius 3 is 2.63 bits per heavy atom. The van der Waals surface area contributed by atoms with Crippen LogP contribution in [0.15, 0.2) is 42.5 Å². The van der Waals surface area contributed by atoms with Crippen LogP contribution in [0.3, 0.4) is 0 Å². The maximum absolute atomic E-state index is 13.0. The predicted octanol–water partition coefficient (Wildman–Crippen LogP) is 3.58. The smallest absolute Gasteiger partial charge is 0.228 e. The third-order valence-electron chi connectivity index (χ3n) is 5.15. The lowest BCUT2D eigenvalue weighted by Crippen LogP contribution is -2.42. The number of fused-ring (bicyclic) bond motifs is 1. The molecule has 0 bridgehead atoms.